The van der Waals surface area contributed by atoms with Gasteiger partial charge in [0.05, 0.1) is 5.92 Å². The van der Waals surface area contributed by atoms with Crippen LogP contribution in [0.15, 0.2) is 0 Å². The first-order valence-corrected chi connectivity index (χ1v) is 6.91. The Bertz CT molecular complexity index is 386. The van der Waals surface area contributed by atoms with Crippen LogP contribution in [0.1, 0.15) is 26.7 Å². The van der Waals surface area contributed by atoms with Crippen LogP contribution in [-0.2, 0) is 9.59 Å². The minimum Gasteiger partial charge on any atom is -0.481 e. The number of carboxylic acids is 1. The molecule has 0 aliphatic carbocycles. The minimum atomic E-state index is -0.886. The average molecular weight is 285 g/mol. The molecular weight excluding hydrogens is 262 g/mol. The third kappa shape index (κ3) is 4.11. The van der Waals surface area contributed by atoms with Crippen LogP contribution in [0.2, 0.25) is 0 Å². The fraction of sp³-hybridized carbons (Fsp3) is 0.769. The molecule has 2 atom stereocenters. The van der Waals surface area contributed by atoms with E-state index in [9.17, 15) is 14.4 Å². The van der Waals surface area contributed by atoms with E-state index in [0.29, 0.717) is 13.1 Å². The lowest BCUT2D eigenvalue weighted by Gasteiger charge is -2.27. The normalized spacial score (nSPS) is 21.8. The smallest absolute Gasteiger partial charge is 0.320 e. The van der Waals surface area contributed by atoms with Gasteiger partial charge in [-0.15, -0.1) is 0 Å². The van der Waals surface area contributed by atoms with E-state index in [2.05, 4.69) is 0 Å². The van der Waals surface area contributed by atoms with Crippen LogP contribution >= 0.6 is 0 Å². The van der Waals surface area contributed by atoms with Gasteiger partial charge >= 0.3 is 12.0 Å². The molecule has 1 fully saturated rings. The molecule has 0 radical (unpaired) electrons. The largest absolute Gasteiger partial charge is 0.481 e. The third-order valence-corrected chi connectivity index (χ3v) is 3.60. The highest BCUT2D eigenvalue weighted by Gasteiger charge is 2.38. The number of rotatable bonds is 6. The number of primary amides is 1. The van der Waals surface area contributed by atoms with Gasteiger partial charge in [0.25, 0.3) is 0 Å². The van der Waals surface area contributed by atoms with E-state index in [1.54, 1.807) is 0 Å². The monoisotopic (exact) mass is 285 g/mol. The zero-order valence-electron chi connectivity index (χ0n) is 12.0. The summed E-state index contributed by atoms with van der Waals surface area (Å²) in [5.74, 6) is -2.07. The van der Waals surface area contributed by atoms with E-state index in [4.69, 9.17) is 10.8 Å². The molecule has 1 heterocycles. The van der Waals surface area contributed by atoms with E-state index >= 15 is 0 Å². The maximum Gasteiger partial charge on any atom is 0.320 e. The van der Waals surface area contributed by atoms with Crippen LogP contribution in [0.5, 0.6) is 0 Å². The number of aliphatic carboxylic acids is 1. The molecule has 3 amide bonds. The summed E-state index contributed by atoms with van der Waals surface area (Å²) in [4.78, 5) is 37.4. The molecule has 114 valence electrons. The van der Waals surface area contributed by atoms with Crippen molar-refractivity contribution in [3.05, 3.63) is 0 Å². The van der Waals surface area contributed by atoms with Gasteiger partial charge in [-0.2, -0.15) is 0 Å². The summed E-state index contributed by atoms with van der Waals surface area (Å²) < 4.78 is 0. The quantitative estimate of drug-likeness (QED) is 0.734. The van der Waals surface area contributed by atoms with Crippen molar-refractivity contribution >= 4 is 17.9 Å². The van der Waals surface area contributed by atoms with E-state index in [0.717, 1.165) is 12.8 Å². The Balaban J connectivity index is 2.69. The number of hydrogen-bond donors (Lipinski definition) is 2. The van der Waals surface area contributed by atoms with Crippen LogP contribution < -0.4 is 5.73 Å². The molecular formula is C13H23N3O4. The molecule has 1 aliphatic rings. The summed E-state index contributed by atoms with van der Waals surface area (Å²) in [6, 6.07) is -0.298. The zero-order chi connectivity index (χ0) is 15.3. The highest BCUT2D eigenvalue weighted by Crippen LogP contribution is 2.24. The molecule has 7 heteroatoms. The van der Waals surface area contributed by atoms with Crippen LogP contribution in [0.3, 0.4) is 0 Å². The van der Waals surface area contributed by atoms with Gasteiger partial charge in [0.15, 0.2) is 0 Å². The van der Waals surface area contributed by atoms with E-state index in [1.807, 2.05) is 13.8 Å². The molecule has 0 spiro atoms. The topological polar surface area (TPSA) is 104 Å². The highest BCUT2D eigenvalue weighted by molar-refractivity contribution is 5.83. The first kappa shape index (κ1) is 16.3. The van der Waals surface area contributed by atoms with Gasteiger partial charge in [-0.1, -0.05) is 20.3 Å². The lowest BCUT2D eigenvalue weighted by molar-refractivity contribution is -0.142. The minimum absolute atomic E-state index is 0.0851. The van der Waals surface area contributed by atoms with E-state index < -0.39 is 17.8 Å². The summed E-state index contributed by atoms with van der Waals surface area (Å²) in [5.41, 5.74) is 5.16. The summed E-state index contributed by atoms with van der Waals surface area (Å²) >= 11 is 0. The van der Waals surface area contributed by atoms with Crippen molar-refractivity contribution in [1.29, 1.82) is 0 Å². The Morgan fingerprint density at radius 3 is 2.45 bits per heavy atom. The van der Waals surface area contributed by atoms with Crippen molar-refractivity contribution in [3.63, 3.8) is 0 Å². The number of urea groups is 1. The zero-order valence-corrected chi connectivity index (χ0v) is 12.0. The second-order valence-corrected chi connectivity index (χ2v) is 5.35. The lowest BCUT2D eigenvalue weighted by atomic mass is 9.99. The Hall–Kier alpha value is -1.79. The molecule has 0 aromatic rings. The Morgan fingerprint density at radius 2 is 2.00 bits per heavy atom. The lowest BCUT2D eigenvalue weighted by Crippen LogP contribution is -2.46. The SMILES string of the molecule is CCCCN(CC(N)=O)C(=O)N1C[C@@H](C)[C@H](C(=O)O)C1. The molecule has 1 aliphatic heterocycles. The molecule has 0 saturated carbocycles. The predicted octanol–water partition coefficient (Wildman–Crippen LogP) is 0.346. The Morgan fingerprint density at radius 1 is 1.35 bits per heavy atom. The second-order valence-electron chi connectivity index (χ2n) is 5.35. The molecule has 0 unspecified atom stereocenters. The van der Waals surface area contributed by atoms with Crippen molar-refractivity contribution in [3.8, 4) is 0 Å². The van der Waals surface area contributed by atoms with E-state index in [-0.39, 0.29) is 25.0 Å². The van der Waals surface area contributed by atoms with Gasteiger partial charge in [-0.25, -0.2) is 4.79 Å². The van der Waals surface area contributed by atoms with E-state index in [1.165, 1.54) is 9.80 Å². The number of hydrogen-bond acceptors (Lipinski definition) is 3. The fourth-order valence-corrected chi connectivity index (χ4v) is 2.42. The highest BCUT2D eigenvalue weighted by atomic mass is 16.4. The summed E-state index contributed by atoms with van der Waals surface area (Å²) in [5, 5.41) is 9.08. The van der Waals surface area contributed by atoms with Crippen LogP contribution in [-0.4, -0.2) is 59.0 Å². The Labute approximate surface area is 118 Å². The number of carboxylic acid groups (broad SMARTS) is 1. The van der Waals surface area contributed by atoms with Gasteiger partial charge < -0.3 is 20.6 Å². The molecule has 0 aromatic carbocycles. The number of likely N-dealkylation sites (tertiary alicyclic amines) is 1. The number of nitrogens with zero attached hydrogens (tertiary/aromatic N) is 2. The molecule has 1 saturated heterocycles. The first-order valence-electron chi connectivity index (χ1n) is 6.91. The Kier molecular flexibility index (Phi) is 5.79. The van der Waals surface area contributed by atoms with Crippen molar-refractivity contribution in [1.82, 2.24) is 9.80 Å². The van der Waals surface area contributed by atoms with Crippen LogP contribution in [0.25, 0.3) is 0 Å². The molecule has 0 aromatic heterocycles. The van der Waals surface area contributed by atoms with Gasteiger partial charge in [0, 0.05) is 19.6 Å². The summed E-state index contributed by atoms with van der Waals surface area (Å²) in [6.07, 6.45) is 1.68. The van der Waals surface area contributed by atoms with Gasteiger partial charge in [0.2, 0.25) is 5.91 Å². The number of unbranched alkanes of at least 4 members (excludes halogenated alkanes) is 1. The number of carbonyl (C=O) groups is 3. The molecule has 20 heavy (non-hydrogen) atoms. The number of nitrogens with two attached hydrogens (primary N) is 1. The predicted molar refractivity (Wildman–Crippen MR) is 72.9 cm³/mol. The van der Waals surface area contributed by atoms with Gasteiger partial charge in [-0.05, 0) is 12.3 Å². The summed E-state index contributed by atoms with van der Waals surface area (Å²) in [6.45, 7) is 4.73. The molecule has 7 nitrogen and oxygen atoms in total. The van der Waals surface area contributed by atoms with Crippen molar-refractivity contribution in [2.45, 2.75) is 26.7 Å². The second kappa shape index (κ2) is 7.12. The summed E-state index contributed by atoms with van der Waals surface area (Å²) in [7, 11) is 0. The van der Waals surface area contributed by atoms with Gasteiger partial charge in [0.1, 0.15) is 6.54 Å². The molecule has 1 rings (SSSR count). The standard InChI is InChI=1S/C13H23N3O4/c1-3-4-5-15(8-11(14)17)13(20)16-6-9(2)10(7-16)12(18)19/h9-10H,3-8H2,1-2H3,(H2,14,17)(H,18,19)/t9-,10-/m1/s1. The fourth-order valence-electron chi connectivity index (χ4n) is 2.42. The third-order valence-electron chi connectivity index (χ3n) is 3.60. The van der Waals surface area contributed by atoms with Gasteiger partial charge in [-0.3, -0.25) is 9.59 Å². The van der Waals surface area contributed by atoms with Crippen molar-refractivity contribution in [2.75, 3.05) is 26.2 Å². The first-order chi connectivity index (χ1) is 9.36. The number of amides is 3. The molecule has 3 N–H and O–H groups in total. The average Bonchev–Trinajstić information content (AvgIpc) is 2.75. The number of carbonyl (C=O) groups excluding carboxylic acids is 2. The van der Waals surface area contributed by atoms with Crippen LogP contribution in [0.4, 0.5) is 4.79 Å². The maximum absolute atomic E-state index is 12.4. The van der Waals surface area contributed by atoms with Crippen LogP contribution in [0, 0.1) is 11.8 Å². The van der Waals surface area contributed by atoms with Crippen molar-refractivity contribution in [2.24, 2.45) is 17.6 Å². The maximum atomic E-state index is 12.4. The van der Waals surface area contributed by atoms with Crippen molar-refractivity contribution < 1.29 is 19.5 Å². The molecule has 0 bridgehead atoms.